The number of fused-ring (bicyclic) bond motifs is 3. The highest BCUT2D eigenvalue weighted by molar-refractivity contribution is 6.10. The smallest absolute Gasteiger partial charge is 0.418 e. The van der Waals surface area contributed by atoms with Crippen molar-refractivity contribution < 1.29 is 22.6 Å². The summed E-state index contributed by atoms with van der Waals surface area (Å²) in [6, 6.07) is 23.4. The minimum atomic E-state index is -4.67. The van der Waals surface area contributed by atoms with Crippen molar-refractivity contribution in [2.24, 2.45) is 15.7 Å². The standard InChI is InChI=1S/C29H23F3N4O2/c1-37-20-9-12-25-22(15-20)23-16-21(38-2)10-13-26(23)36(25)27-11-8-18(14-24(27)29(30,31)32)28(34-17-33)35-19-6-4-3-5-7-19/h3-17H,1-2H3,(H2,33,34,35). The Kier molecular flexibility index (Phi) is 6.50. The van der Waals surface area contributed by atoms with Gasteiger partial charge in [0.25, 0.3) is 0 Å². The van der Waals surface area contributed by atoms with Gasteiger partial charge in [0, 0.05) is 16.3 Å². The molecule has 0 unspecified atom stereocenters. The molecule has 0 aliphatic carbocycles. The Morgan fingerprint density at radius 1 is 0.816 bits per heavy atom. The van der Waals surface area contributed by atoms with E-state index in [0.29, 0.717) is 28.2 Å². The molecule has 0 spiro atoms. The number of alkyl halides is 3. The molecule has 1 heterocycles. The van der Waals surface area contributed by atoms with Crippen molar-refractivity contribution in [1.29, 1.82) is 0 Å². The van der Waals surface area contributed by atoms with E-state index in [1.54, 1.807) is 85.5 Å². The van der Waals surface area contributed by atoms with E-state index in [-0.39, 0.29) is 17.1 Å². The minimum absolute atomic E-state index is 0.0348. The summed E-state index contributed by atoms with van der Waals surface area (Å²) < 4.78 is 56.1. The molecular formula is C29H23F3N4O2. The molecule has 0 saturated carbocycles. The topological polar surface area (TPSA) is 74.1 Å². The molecule has 4 aromatic carbocycles. The van der Waals surface area contributed by atoms with Crippen LogP contribution in [0.25, 0.3) is 27.5 Å². The molecule has 38 heavy (non-hydrogen) atoms. The van der Waals surface area contributed by atoms with E-state index in [2.05, 4.69) is 9.98 Å². The summed E-state index contributed by atoms with van der Waals surface area (Å²) in [5.74, 6) is 1.24. The number of aromatic nitrogens is 1. The van der Waals surface area contributed by atoms with Crippen LogP contribution < -0.4 is 15.2 Å². The second-order valence-electron chi connectivity index (χ2n) is 8.38. The Morgan fingerprint density at radius 3 is 1.95 bits per heavy atom. The summed E-state index contributed by atoms with van der Waals surface area (Å²) in [5, 5.41) is 1.46. The van der Waals surface area contributed by atoms with E-state index < -0.39 is 11.7 Å². The van der Waals surface area contributed by atoms with E-state index in [4.69, 9.17) is 15.2 Å². The van der Waals surface area contributed by atoms with Crippen LogP contribution in [0, 0.1) is 0 Å². The summed E-state index contributed by atoms with van der Waals surface area (Å²) in [4.78, 5) is 8.45. The van der Waals surface area contributed by atoms with Gasteiger partial charge in [-0.15, -0.1) is 0 Å². The third-order valence-corrected chi connectivity index (χ3v) is 6.17. The van der Waals surface area contributed by atoms with Gasteiger partial charge >= 0.3 is 6.18 Å². The van der Waals surface area contributed by atoms with Crippen LogP contribution in [0.15, 0.2) is 94.9 Å². The van der Waals surface area contributed by atoms with Crippen LogP contribution in [0.2, 0.25) is 0 Å². The number of halogens is 3. The lowest BCUT2D eigenvalue weighted by Crippen LogP contribution is -2.13. The maximum Gasteiger partial charge on any atom is 0.418 e. The van der Waals surface area contributed by atoms with Gasteiger partial charge in [-0.05, 0) is 66.7 Å². The lowest BCUT2D eigenvalue weighted by molar-refractivity contribution is -0.137. The average Bonchev–Trinajstić information content (AvgIpc) is 3.25. The van der Waals surface area contributed by atoms with Gasteiger partial charge in [0.1, 0.15) is 11.5 Å². The molecule has 0 aliphatic heterocycles. The molecular weight excluding hydrogens is 493 g/mol. The number of amidine groups is 1. The number of nitrogens with zero attached hydrogens (tertiary/aromatic N) is 3. The lowest BCUT2D eigenvalue weighted by atomic mass is 10.1. The number of benzene rings is 4. The first-order chi connectivity index (χ1) is 18.3. The van der Waals surface area contributed by atoms with Crippen molar-refractivity contribution in [2.45, 2.75) is 6.18 Å². The van der Waals surface area contributed by atoms with Crippen molar-refractivity contribution in [3.05, 3.63) is 96.1 Å². The number of hydrogen-bond acceptors (Lipinski definition) is 3. The maximum absolute atomic E-state index is 14.6. The summed E-state index contributed by atoms with van der Waals surface area (Å²) in [6.45, 7) is 0. The van der Waals surface area contributed by atoms with E-state index >= 15 is 0 Å². The molecule has 0 saturated heterocycles. The lowest BCUT2D eigenvalue weighted by Gasteiger charge is -2.17. The fraction of sp³-hybridized carbons (Fsp3) is 0.103. The van der Waals surface area contributed by atoms with E-state index in [1.165, 1.54) is 6.07 Å². The van der Waals surface area contributed by atoms with Gasteiger partial charge in [-0.2, -0.15) is 13.2 Å². The second-order valence-corrected chi connectivity index (χ2v) is 8.38. The van der Waals surface area contributed by atoms with E-state index in [9.17, 15) is 13.2 Å². The Hall–Kier alpha value is -4.79. The highest BCUT2D eigenvalue weighted by atomic mass is 19.4. The first-order valence-electron chi connectivity index (χ1n) is 11.6. The molecule has 5 rings (SSSR count). The van der Waals surface area contributed by atoms with Gasteiger partial charge in [0.2, 0.25) is 0 Å². The molecule has 0 bridgehead atoms. The Balaban J connectivity index is 1.79. The molecule has 0 radical (unpaired) electrons. The van der Waals surface area contributed by atoms with Crippen molar-refractivity contribution in [1.82, 2.24) is 4.57 Å². The van der Waals surface area contributed by atoms with Crippen molar-refractivity contribution in [2.75, 3.05) is 14.2 Å². The zero-order valence-corrected chi connectivity index (χ0v) is 20.5. The summed E-state index contributed by atoms with van der Waals surface area (Å²) in [5.41, 5.74) is 6.52. The zero-order valence-electron chi connectivity index (χ0n) is 20.5. The number of methoxy groups -OCH3 is 2. The highest BCUT2D eigenvalue weighted by Gasteiger charge is 2.35. The number of rotatable bonds is 5. The Morgan fingerprint density at radius 2 is 1.42 bits per heavy atom. The molecule has 5 aromatic rings. The van der Waals surface area contributed by atoms with Crippen molar-refractivity contribution in [3.8, 4) is 17.2 Å². The van der Waals surface area contributed by atoms with Crippen LogP contribution in [0.4, 0.5) is 18.9 Å². The molecule has 9 heteroatoms. The van der Waals surface area contributed by atoms with Crippen LogP contribution in [-0.2, 0) is 6.18 Å². The molecule has 1 aromatic heterocycles. The predicted octanol–water partition coefficient (Wildman–Crippen LogP) is 6.89. The molecule has 192 valence electrons. The van der Waals surface area contributed by atoms with Gasteiger partial charge in [-0.1, -0.05) is 18.2 Å². The Bertz CT molecular complexity index is 1630. The van der Waals surface area contributed by atoms with Gasteiger partial charge in [-0.25, -0.2) is 9.98 Å². The number of nitrogens with two attached hydrogens (primary N) is 1. The molecule has 2 N–H and O–H groups in total. The number of aliphatic imine (C=N–C) groups is 2. The fourth-order valence-electron chi connectivity index (χ4n) is 4.46. The normalized spacial score (nSPS) is 12.5. The quantitative estimate of drug-likeness (QED) is 0.204. The number of ether oxygens (including phenoxy) is 2. The molecule has 6 nitrogen and oxygen atoms in total. The maximum atomic E-state index is 14.6. The summed E-state index contributed by atoms with van der Waals surface area (Å²) in [6.07, 6.45) is -3.66. The molecule has 0 fully saturated rings. The largest absolute Gasteiger partial charge is 0.497 e. The van der Waals surface area contributed by atoms with Crippen molar-refractivity contribution >= 4 is 39.7 Å². The van der Waals surface area contributed by atoms with Crippen LogP contribution >= 0.6 is 0 Å². The average molecular weight is 517 g/mol. The zero-order chi connectivity index (χ0) is 26.9. The first-order valence-corrected chi connectivity index (χ1v) is 11.6. The van der Waals surface area contributed by atoms with Crippen LogP contribution in [-0.4, -0.2) is 31.0 Å². The first kappa shape index (κ1) is 24.9. The van der Waals surface area contributed by atoms with Gasteiger partial charge < -0.3 is 19.8 Å². The second kappa shape index (κ2) is 9.93. The monoisotopic (exact) mass is 516 g/mol. The summed E-state index contributed by atoms with van der Waals surface area (Å²) >= 11 is 0. The van der Waals surface area contributed by atoms with Gasteiger partial charge in [0.05, 0.1) is 48.5 Å². The molecule has 0 atom stereocenters. The third kappa shape index (κ3) is 4.54. The van der Waals surface area contributed by atoms with Gasteiger partial charge in [0.15, 0.2) is 5.84 Å². The number of hydrogen-bond donors (Lipinski definition) is 1. The number of para-hydroxylation sites is 1. The van der Waals surface area contributed by atoms with Gasteiger partial charge in [-0.3, -0.25) is 0 Å². The van der Waals surface area contributed by atoms with Crippen LogP contribution in [0.1, 0.15) is 11.1 Å². The molecule has 0 aliphatic rings. The Labute approximate surface area is 216 Å². The minimum Gasteiger partial charge on any atom is -0.497 e. The van der Waals surface area contributed by atoms with Crippen LogP contribution in [0.5, 0.6) is 11.5 Å². The SMILES string of the molecule is COc1ccc2c(c1)c1cc(OC)ccc1n2-c1ccc(C(N=CN)=Nc2ccccc2)cc1C(F)(F)F. The van der Waals surface area contributed by atoms with E-state index in [1.807, 2.05) is 6.07 Å². The fourth-order valence-corrected chi connectivity index (χ4v) is 4.46. The predicted molar refractivity (Wildman–Crippen MR) is 144 cm³/mol. The van der Waals surface area contributed by atoms with Crippen molar-refractivity contribution in [3.63, 3.8) is 0 Å². The summed E-state index contributed by atoms with van der Waals surface area (Å²) in [7, 11) is 3.08. The highest BCUT2D eigenvalue weighted by Crippen LogP contribution is 2.41. The third-order valence-electron chi connectivity index (χ3n) is 6.17. The van der Waals surface area contributed by atoms with E-state index in [0.717, 1.165) is 23.2 Å². The molecule has 0 amide bonds. The van der Waals surface area contributed by atoms with Crippen LogP contribution in [0.3, 0.4) is 0 Å².